The number of pyridine rings is 2. The minimum Gasteiger partial charge on any atom is -0.480 e. The average Bonchev–Trinajstić information content (AvgIpc) is 3.29. The predicted molar refractivity (Wildman–Crippen MR) is 131 cm³/mol. The third-order valence-corrected chi connectivity index (χ3v) is 6.64. The van der Waals surface area contributed by atoms with Crippen molar-refractivity contribution in [3.63, 3.8) is 0 Å². The lowest BCUT2D eigenvalue weighted by atomic mass is 10.1. The molecular weight excluding hydrogens is 514 g/mol. The Morgan fingerprint density at radius 1 is 1.17 bits per heavy atom. The number of nitrogens with zero attached hydrogens (tertiary/aromatic N) is 4. The molecule has 186 valence electrons. The number of nitrogen functional groups attached to an aromatic ring is 1. The standard InChI is InChI=1S/C23H19ClF2N6O3S/c1-12(2)32-21-13(9-28-22(27)16(21)11-30-32)4-5-15-17(25)6-7-18(20(15)26)31-36(33,34)19-8-14(24)10-29-23(19)35-3/h6-12,31H,1-3H3,(H2,27,28). The summed E-state index contributed by atoms with van der Waals surface area (Å²) < 4.78 is 64.3. The molecule has 4 rings (SSSR count). The first-order valence-electron chi connectivity index (χ1n) is 10.4. The van der Waals surface area contributed by atoms with Gasteiger partial charge in [-0.1, -0.05) is 23.4 Å². The molecule has 1 aromatic carbocycles. The SMILES string of the molecule is COc1ncc(Cl)cc1S(=O)(=O)Nc1ccc(F)c(C#Cc2cnc(N)c3cnn(C(C)C)c23)c1F. The minimum atomic E-state index is -4.41. The van der Waals surface area contributed by atoms with E-state index in [0.29, 0.717) is 16.5 Å². The van der Waals surface area contributed by atoms with Crippen molar-refractivity contribution in [3.05, 3.63) is 64.6 Å². The van der Waals surface area contributed by atoms with Crippen LogP contribution < -0.4 is 15.2 Å². The number of ether oxygens (including phenoxy) is 1. The number of benzene rings is 1. The van der Waals surface area contributed by atoms with Crippen molar-refractivity contribution in [2.45, 2.75) is 24.8 Å². The smallest absolute Gasteiger partial charge is 0.267 e. The Bertz CT molecular complexity index is 1660. The maximum absolute atomic E-state index is 15.3. The van der Waals surface area contributed by atoms with Crippen LogP contribution in [0.2, 0.25) is 5.02 Å². The van der Waals surface area contributed by atoms with Crippen LogP contribution in [0.3, 0.4) is 0 Å². The molecule has 0 bridgehead atoms. The van der Waals surface area contributed by atoms with E-state index in [0.717, 1.165) is 18.2 Å². The van der Waals surface area contributed by atoms with Crippen LogP contribution in [-0.4, -0.2) is 35.3 Å². The van der Waals surface area contributed by atoms with Gasteiger partial charge in [-0.15, -0.1) is 0 Å². The molecule has 0 amide bonds. The molecule has 0 unspecified atom stereocenters. The fourth-order valence-corrected chi connectivity index (χ4v) is 4.82. The molecule has 3 heterocycles. The van der Waals surface area contributed by atoms with Gasteiger partial charge in [-0.2, -0.15) is 5.10 Å². The Balaban J connectivity index is 1.78. The van der Waals surface area contributed by atoms with Gasteiger partial charge in [0.2, 0.25) is 5.88 Å². The molecule has 4 aromatic rings. The summed E-state index contributed by atoms with van der Waals surface area (Å²) in [7, 11) is -3.19. The number of methoxy groups -OCH3 is 1. The largest absolute Gasteiger partial charge is 0.480 e. The highest BCUT2D eigenvalue weighted by Gasteiger charge is 2.24. The Labute approximate surface area is 210 Å². The van der Waals surface area contributed by atoms with Gasteiger partial charge in [-0.3, -0.25) is 9.40 Å². The number of halogens is 3. The molecule has 3 N–H and O–H groups in total. The molecule has 9 nitrogen and oxygen atoms in total. The number of fused-ring (bicyclic) bond motifs is 1. The van der Waals surface area contributed by atoms with E-state index in [1.165, 1.54) is 19.5 Å². The van der Waals surface area contributed by atoms with Crippen molar-refractivity contribution in [2.24, 2.45) is 0 Å². The summed E-state index contributed by atoms with van der Waals surface area (Å²) in [5.41, 5.74) is 5.65. The van der Waals surface area contributed by atoms with E-state index < -0.39 is 37.8 Å². The van der Waals surface area contributed by atoms with Crippen molar-refractivity contribution in [1.29, 1.82) is 0 Å². The van der Waals surface area contributed by atoms with E-state index in [-0.39, 0.29) is 22.8 Å². The van der Waals surface area contributed by atoms with Gasteiger partial charge < -0.3 is 10.5 Å². The molecule has 0 aliphatic carbocycles. The fraction of sp³-hybridized carbons (Fsp3) is 0.174. The molecule has 0 aliphatic rings. The van der Waals surface area contributed by atoms with Crippen LogP contribution in [0, 0.1) is 23.5 Å². The molecule has 0 aliphatic heterocycles. The van der Waals surface area contributed by atoms with Crippen molar-refractivity contribution < 1.29 is 21.9 Å². The number of nitrogens with two attached hydrogens (primary N) is 1. The van der Waals surface area contributed by atoms with Gasteiger partial charge in [-0.25, -0.2) is 27.2 Å². The molecule has 36 heavy (non-hydrogen) atoms. The van der Waals surface area contributed by atoms with Crippen LogP contribution in [0.1, 0.15) is 31.0 Å². The van der Waals surface area contributed by atoms with E-state index in [9.17, 15) is 12.8 Å². The number of aromatic nitrogens is 4. The topological polar surface area (TPSA) is 125 Å². The Morgan fingerprint density at radius 3 is 2.61 bits per heavy atom. The summed E-state index contributed by atoms with van der Waals surface area (Å²) >= 11 is 5.86. The second-order valence-corrected chi connectivity index (χ2v) is 9.89. The van der Waals surface area contributed by atoms with Crippen molar-refractivity contribution in [3.8, 4) is 17.7 Å². The van der Waals surface area contributed by atoms with Crippen LogP contribution in [0.25, 0.3) is 10.9 Å². The van der Waals surface area contributed by atoms with Gasteiger partial charge in [0.25, 0.3) is 10.0 Å². The molecular formula is C23H19ClF2N6O3S. The first-order chi connectivity index (χ1) is 17.0. The second kappa shape index (κ2) is 9.60. The third kappa shape index (κ3) is 4.62. The van der Waals surface area contributed by atoms with Crippen LogP contribution >= 0.6 is 11.6 Å². The normalized spacial score (nSPS) is 11.4. The van der Waals surface area contributed by atoms with E-state index in [1.54, 1.807) is 10.9 Å². The highest BCUT2D eigenvalue weighted by atomic mass is 35.5. The van der Waals surface area contributed by atoms with Crippen LogP contribution in [0.5, 0.6) is 5.88 Å². The zero-order chi connectivity index (χ0) is 26.2. The summed E-state index contributed by atoms with van der Waals surface area (Å²) in [4.78, 5) is 7.45. The maximum Gasteiger partial charge on any atom is 0.267 e. The lowest BCUT2D eigenvalue weighted by Gasteiger charge is -2.12. The molecule has 0 saturated heterocycles. The van der Waals surface area contributed by atoms with Gasteiger partial charge in [0, 0.05) is 18.4 Å². The number of hydrogen-bond donors (Lipinski definition) is 2. The van der Waals surface area contributed by atoms with Gasteiger partial charge in [0.05, 0.1) is 46.0 Å². The first-order valence-corrected chi connectivity index (χ1v) is 12.2. The van der Waals surface area contributed by atoms with Gasteiger partial charge in [0.15, 0.2) is 10.7 Å². The Kier molecular flexibility index (Phi) is 6.71. The second-order valence-electron chi connectivity index (χ2n) is 7.80. The number of hydrogen-bond acceptors (Lipinski definition) is 7. The lowest BCUT2D eigenvalue weighted by molar-refractivity contribution is 0.385. The van der Waals surface area contributed by atoms with E-state index in [1.807, 2.05) is 13.8 Å². The van der Waals surface area contributed by atoms with E-state index >= 15 is 4.39 Å². The van der Waals surface area contributed by atoms with Crippen molar-refractivity contribution in [1.82, 2.24) is 19.7 Å². The Morgan fingerprint density at radius 2 is 1.92 bits per heavy atom. The van der Waals surface area contributed by atoms with E-state index in [2.05, 4.69) is 31.6 Å². The third-order valence-electron chi connectivity index (χ3n) is 5.07. The monoisotopic (exact) mass is 532 g/mol. The van der Waals surface area contributed by atoms with Crippen LogP contribution in [-0.2, 0) is 10.0 Å². The van der Waals surface area contributed by atoms with Gasteiger partial charge in [-0.05, 0) is 32.0 Å². The Hall–Kier alpha value is -3.95. The summed E-state index contributed by atoms with van der Waals surface area (Å²) in [5.74, 6) is 2.94. The zero-order valence-corrected chi connectivity index (χ0v) is 20.7. The number of anilines is 2. The van der Waals surface area contributed by atoms with Crippen molar-refractivity contribution >= 4 is 44.0 Å². The molecule has 13 heteroatoms. The molecule has 0 saturated carbocycles. The minimum absolute atomic E-state index is 0.0198. The number of sulfonamides is 1. The molecule has 3 aromatic heterocycles. The molecule has 0 spiro atoms. The van der Waals surface area contributed by atoms with Crippen molar-refractivity contribution in [2.75, 3.05) is 17.6 Å². The maximum atomic E-state index is 15.3. The van der Waals surface area contributed by atoms with Gasteiger partial charge >= 0.3 is 0 Å². The van der Waals surface area contributed by atoms with Crippen LogP contribution in [0.15, 0.2) is 41.7 Å². The summed E-state index contributed by atoms with van der Waals surface area (Å²) in [6.07, 6.45) is 4.12. The first kappa shape index (κ1) is 25.2. The molecule has 0 atom stereocenters. The average molecular weight is 533 g/mol. The van der Waals surface area contributed by atoms with E-state index in [4.69, 9.17) is 22.1 Å². The van der Waals surface area contributed by atoms with Crippen LogP contribution in [0.4, 0.5) is 20.3 Å². The fourth-order valence-electron chi connectivity index (χ4n) is 3.40. The van der Waals surface area contributed by atoms with Gasteiger partial charge in [0.1, 0.15) is 11.6 Å². The highest BCUT2D eigenvalue weighted by molar-refractivity contribution is 7.92. The summed E-state index contributed by atoms with van der Waals surface area (Å²) in [5, 5.41) is 4.85. The predicted octanol–water partition coefficient (Wildman–Crippen LogP) is 4.13. The molecule has 0 radical (unpaired) electrons. The summed E-state index contributed by atoms with van der Waals surface area (Å²) in [6, 6.07) is 2.88. The number of nitrogens with one attached hydrogen (secondary N) is 1. The summed E-state index contributed by atoms with van der Waals surface area (Å²) in [6.45, 7) is 3.80. The lowest BCUT2D eigenvalue weighted by Crippen LogP contribution is -2.16. The zero-order valence-electron chi connectivity index (χ0n) is 19.2. The number of rotatable bonds is 5. The highest BCUT2D eigenvalue weighted by Crippen LogP contribution is 2.29. The molecule has 0 fully saturated rings. The quantitative estimate of drug-likeness (QED) is 0.370.